The molecular formula is C26H30N6O3. The van der Waals surface area contributed by atoms with Crippen LogP contribution in [0.2, 0.25) is 0 Å². The fraction of sp³-hybridized carbons (Fsp3) is 0.231. The standard InChI is InChI=1S/C26H30N6O3/c27-23(33)14-17-7-9-18(10-8-17)16-32(22(24(28)34)6-3-13-31-26(29)30)25(35)21-12-11-19-4-1-2-5-20(19)15-21/h1-2,4-5,7-12,15,22H,3,6,13-14,16H2,(H2,27,33)(H2,28,34)(H4,29,30,31)/t22-/m0/s1. The molecule has 0 spiro atoms. The molecule has 9 nitrogen and oxygen atoms in total. The zero-order chi connectivity index (χ0) is 25.4. The van der Waals surface area contributed by atoms with Crippen LogP contribution < -0.4 is 22.9 Å². The second kappa shape index (κ2) is 11.6. The largest absolute Gasteiger partial charge is 0.370 e. The molecule has 0 radical (unpaired) electrons. The van der Waals surface area contributed by atoms with Crippen LogP contribution in [-0.4, -0.2) is 41.2 Å². The number of carbonyl (C=O) groups is 3. The van der Waals surface area contributed by atoms with Gasteiger partial charge in [-0.2, -0.15) is 0 Å². The molecule has 0 heterocycles. The first-order valence-electron chi connectivity index (χ1n) is 11.2. The van der Waals surface area contributed by atoms with E-state index in [0.717, 1.165) is 21.9 Å². The molecular weight excluding hydrogens is 444 g/mol. The number of primary amides is 2. The Morgan fingerprint density at radius 2 is 1.49 bits per heavy atom. The van der Waals surface area contributed by atoms with Crippen LogP contribution in [0.15, 0.2) is 71.7 Å². The van der Waals surface area contributed by atoms with E-state index in [1.807, 2.05) is 30.3 Å². The quantitative estimate of drug-likeness (QED) is 0.187. The van der Waals surface area contributed by atoms with Crippen molar-refractivity contribution in [2.24, 2.45) is 27.9 Å². The van der Waals surface area contributed by atoms with Crippen molar-refractivity contribution in [1.29, 1.82) is 0 Å². The molecule has 0 bridgehead atoms. The van der Waals surface area contributed by atoms with Gasteiger partial charge in [-0.3, -0.25) is 19.4 Å². The first kappa shape index (κ1) is 25.2. The van der Waals surface area contributed by atoms with E-state index in [-0.39, 0.29) is 24.8 Å². The smallest absolute Gasteiger partial charge is 0.254 e. The number of nitrogens with two attached hydrogens (primary N) is 4. The highest BCUT2D eigenvalue weighted by molar-refractivity contribution is 6.00. The average molecular weight is 475 g/mol. The number of benzene rings is 3. The number of nitrogens with zero attached hydrogens (tertiary/aromatic N) is 2. The Bertz CT molecular complexity index is 1240. The van der Waals surface area contributed by atoms with Crippen molar-refractivity contribution in [3.63, 3.8) is 0 Å². The Morgan fingerprint density at radius 1 is 0.829 bits per heavy atom. The SMILES string of the molecule is NC(=O)Cc1ccc(CN(C(=O)c2ccc3ccccc3c2)[C@@H](CCCN=C(N)N)C(N)=O)cc1. The van der Waals surface area contributed by atoms with E-state index < -0.39 is 17.9 Å². The Hall–Kier alpha value is -4.40. The first-order chi connectivity index (χ1) is 16.7. The molecule has 0 saturated carbocycles. The molecule has 35 heavy (non-hydrogen) atoms. The first-order valence-corrected chi connectivity index (χ1v) is 11.2. The Balaban J connectivity index is 1.92. The lowest BCUT2D eigenvalue weighted by atomic mass is 10.0. The summed E-state index contributed by atoms with van der Waals surface area (Å²) in [5.41, 5.74) is 23.8. The van der Waals surface area contributed by atoms with E-state index in [9.17, 15) is 14.4 Å². The minimum absolute atomic E-state index is 0.0410. The zero-order valence-electron chi connectivity index (χ0n) is 19.4. The van der Waals surface area contributed by atoms with E-state index >= 15 is 0 Å². The number of carbonyl (C=O) groups excluding carboxylic acids is 3. The molecule has 0 aliphatic rings. The van der Waals surface area contributed by atoms with Gasteiger partial charge in [-0.1, -0.05) is 54.6 Å². The van der Waals surface area contributed by atoms with Gasteiger partial charge in [-0.15, -0.1) is 0 Å². The van der Waals surface area contributed by atoms with Gasteiger partial charge < -0.3 is 27.8 Å². The minimum Gasteiger partial charge on any atom is -0.370 e. The molecule has 0 fully saturated rings. The van der Waals surface area contributed by atoms with E-state index in [0.29, 0.717) is 24.9 Å². The van der Waals surface area contributed by atoms with E-state index in [4.69, 9.17) is 22.9 Å². The summed E-state index contributed by atoms with van der Waals surface area (Å²) >= 11 is 0. The zero-order valence-corrected chi connectivity index (χ0v) is 19.4. The lowest BCUT2D eigenvalue weighted by molar-refractivity contribution is -0.123. The number of rotatable bonds is 11. The molecule has 9 heteroatoms. The highest BCUT2D eigenvalue weighted by Gasteiger charge is 2.29. The van der Waals surface area contributed by atoms with Crippen LogP contribution in [0.5, 0.6) is 0 Å². The molecule has 8 N–H and O–H groups in total. The van der Waals surface area contributed by atoms with Crippen molar-refractivity contribution in [3.05, 3.63) is 83.4 Å². The van der Waals surface area contributed by atoms with E-state index in [1.165, 1.54) is 4.90 Å². The molecule has 3 rings (SSSR count). The number of hydrogen-bond acceptors (Lipinski definition) is 4. The average Bonchev–Trinajstić information content (AvgIpc) is 2.82. The van der Waals surface area contributed by atoms with Crippen LogP contribution in [0.25, 0.3) is 10.8 Å². The maximum atomic E-state index is 13.7. The van der Waals surface area contributed by atoms with Crippen LogP contribution in [0, 0.1) is 0 Å². The highest BCUT2D eigenvalue weighted by Crippen LogP contribution is 2.21. The molecule has 3 aromatic rings. The van der Waals surface area contributed by atoms with Gasteiger partial charge in [-0.05, 0) is 46.9 Å². The number of amides is 3. The topological polar surface area (TPSA) is 171 Å². The molecule has 182 valence electrons. The highest BCUT2D eigenvalue weighted by atomic mass is 16.2. The van der Waals surface area contributed by atoms with Gasteiger partial charge in [0.05, 0.1) is 6.42 Å². The summed E-state index contributed by atoms with van der Waals surface area (Å²) in [4.78, 5) is 42.8. The molecule has 3 amide bonds. The summed E-state index contributed by atoms with van der Waals surface area (Å²) in [6.07, 6.45) is 0.879. The van der Waals surface area contributed by atoms with Crippen molar-refractivity contribution >= 4 is 34.5 Å². The van der Waals surface area contributed by atoms with Crippen LogP contribution in [0.3, 0.4) is 0 Å². The Labute approximate surface area is 203 Å². The van der Waals surface area contributed by atoms with Gasteiger partial charge >= 0.3 is 0 Å². The molecule has 0 saturated heterocycles. The third kappa shape index (κ3) is 7.04. The van der Waals surface area contributed by atoms with Gasteiger partial charge in [0, 0.05) is 18.7 Å². The summed E-state index contributed by atoms with van der Waals surface area (Å²) < 4.78 is 0. The van der Waals surface area contributed by atoms with Crippen molar-refractivity contribution in [2.45, 2.75) is 31.8 Å². The molecule has 0 unspecified atom stereocenters. The van der Waals surface area contributed by atoms with Crippen LogP contribution in [0.4, 0.5) is 0 Å². The lowest BCUT2D eigenvalue weighted by Crippen LogP contribution is -2.47. The van der Waals surface area contributed by atoms with Crippen molar-refractivity contribution < 1.29 is 14.4 Å². The third-order valence-electron chi connectivity index (χ3n) is 5.65. The van der Waals surface area contributed by atoms with Crippen LogP contribution in [-0.2, 0) is 22.6 Å². The molecule has 0 aliphatic heterocycles. The summed E-state index contributed by atoms with van der Waals surface area (Å²) in [6, 6.07) is 19.4. The number of aliphatic imine (C=N–C) groups is 1. The number of hydrogen-bond donors (Lipinski definition) is 4. The third-order valence-corrected chi connectivity index (χ3v) is 5.65. The second-order valence-corrected chi connectivity index (χ2v) is 8.32. The maximum Gasteiger partial charge on any atom is 0.254 e. The fourth-order valence-corrected chi connectivity index (χ4v) is 3.92. The second-order valence-electron chi connectivity index (χ2n) is 8.32. The lowest BCUT2D eigenvalue weighted by Gasteiger charge is -2.30. The predicted molar refractivity (Wildman–Crippen MR) is 136 cm³/mol. The normalized spacial score (nSPS) is 11.5. The Kier molecular flexibility index (Phi) is 8.39. The van der Waals surface area contributed by atoms with Crippen molar-refractivity contribution in [2.75, 3.05) is 6.54 Å². The fourth-order valence-electron chi connectivity index (χ4n) is 3.92. The van der Waals surface area contributed by atoms with E-state index in [2.05, 4.69) is 4.99 Å². The summed E-state index contributed by atoms with van der Waals surface area (Å²) in [7, 11) is 0. The summed E-state index contributed by atoms with van der Waals surface area (Å²) in [5, 5.41) is 1.92. The minimum atomic E-state index is -0.867. The van der Waals surface area contributed by atoms with Gasteiger partial charge in [0.1, 0.15) is 6.04 Å². The van der Waals surface area contributed by atoms with Gasteiger partial charge in [0.25, 0.3) is 5.91 Å². The molecule has 0 aromatic heterocycles. The summed E-state index contributed by atoms with van der Waals surface area (Å²) in [6.45, 7) is 0.463. The molecule has 0 aliphatic carbocycles. The maximum absolute atomic E-state index is 13.7. The number of guanidine groups is 1. The Morgan fingerprint density at radius 3 is 2.11 bits per heavy atom. The monoisotopic (exact) mass is 474 g/mol. The van der Waals surface area contributed by atoms with Crippen LogP contribution in [0.1, 0.15) is 34.3 Å². The van der Waals surface area contributed by atoms with Crippen molar-refractivity contribution in [3.8, 4) is 0 Å². The molecule has 1 atom stereocenters. The summed E-state index contributed by atoms with van der Waals surface area (Å²) in [5.74, 6) is -1.40. The van der Waals surface area contributed by atoms with Gasteiger partial charge in [0.2, 0.25) is 11.8 Å². The van der Waals surface area contributed by atoms with Gasteiger partial charge in [0.15, 0.2) is 5.96 Å². The predicted octanol–water partition coefficient (Wildman–Crippen LogP) is 1.42. The van der Waals surface area contributed by atoms with Crippen LogP contribution >= 0.6 is 0 Å². The number of fused-ring (bicyclic) bond motifs is 1. The van der Waals surface area contributed by atoms with Crippen molar-refractivity contribution in [1.82, 2.24) is 4.90 Å². The van der Waals surface area contributed by atoms with Gasteiger partial charge in [-0.25, -0.2) is 0 Å². The molecule has 3 aromatic carbocycles. The van der Waals surface area contributed by atoms with E-state index in [1.54, 1.807) is 36.4 Å².